The van der Waals surface area contributed by atoms with Crippen molar-refractivity contribution in [3.05, 3.63) is 35.4 Å². The van der Waals surface area contributed by atoms with E-state index >= 15 is 0 Å². The maximum Gasteiger partial charge on any atom is 0.326 e. The van der Waals surface area contributed by atoms with Gasteiger partial charge in [0, 0.05) is 5.41 Å². The van der Waals surface area contributed by atoms with Crippen LogP contribution in [0.15, 0.2) is 24.3 Å². The van der Waals surface area contributed by atoms with Crippen LogP contribution < -0.4 is 0 Å². The van der Waals surface area contributed by atoms with Gasteiger partial charge >= 0.3 is 11.9 Å². The van der Waals surface area contributed by atoms with E-state index in [9.17, 15) is 19.5 Å². The number of esters is 1. The first-order valence-corrected chi connectivity index (χ1v) is 8.64. The van der Waals surface area contributed by atoms with Crippen molar-refractivity contribution in [2.45, 2.75) is 53.1 Å². The van der Waals surface area contributed by atoms with Gasteiger partial charge in [-0.3, -0.25) is 9.59 Å². The summed E-state index contributed by atoms with van der Waals surface area (Å²) in [7, 11) is 1.28. The second-order valence-electron chi connectivity index (χ2n) is 8.19. The van der Waals surface area contributed by atoms with E-state index in [0.29, 0.717) is 0 Å². The van der Waals surface area contributed by atoms with Gasteiger partial charge in [-0.05, 0) is 31.4 Å². The van der Waals surface area contributed by atoms with E-state index in [1.807, 2.05) is 31.2 Å². The van der Waals surface area contributed by atoms with E-state index in [0.717, 1.165) is 11.1 Å². The Morgan fingerprint density at radius 3 is 2.27 bits per heavy atom. The fraction of sp³-hybridized carbons (Fsp3) is 0.550. The highest BCUT2D eigenvalue weighted by Gasteiger charge is 2.60. The molecule has 142 valence electrons. The Bertz CT molecular complexity index is 736. The van der Waals surface area contributed by atoms with Crippen LogP contribution >= 0.6 is 0 Å². The largest absolute Gasteiger partial charge is 0.480 e. The first kappa shape index (κ1) is 19.9. The molecule has 1 fully saturated rings. The number of methoxy groups -OCH3 is 1. The summed E-state index contributed by atoms with van der Waals surface area (Å²) in [4.78, 5) is 39.2. The molecule has 0 aliphatic carbocycles. The summed E-state index contributed by atoms with van der Waals surface area (Å²) in [6.45, 7) is 8.81. The molecule has 6 heteroatoms. The normalized spacial score (nSPS) is 25.8. The van der Waals surface area contributed by atoms with E-state index < -0.39 is 34.9 Å². The Balaban J connectivity index is 2.74. The van der Waals surface area contributed by atoms with Crippen LogP contribution in [0.3, 0.4) is 0 Å². The second kappa shape index (κ2) is 6.74. The molecule has 1 heterocycles. The Kier molecular flexibility index (Phi) is 5.17. The number of benzene rings is 1. The minimum absolute atomic E-state index is 0.00975. The fourth-order valence-corrected chi connectivity index (χ4v) is 3.77. The van der Waals surface area contributed by atoms with Crippen LogP contribution in [0.5, 0.6) is 0 Å². The standard InChI is InChI=1S/C20H27NO5/c1-12-9-7-8-10-13(12)15-20(5,18(25)26-6)11-14(16(22)23)21(15)17(24)19(2,3)4/h7-10,14-15H,11H2,1-6H3,(H,22,23)/t14-,15-,20-/m0/s1. The highest BCUT2D eigenvalue weighted by Crippen LogP contribution is 2.52. The summed E-state index contributed by atoms with van der Waals surface area (Å²) < 4.78 is 5.00. The topological polar surface area (TPSA) is 83.9 Å². The van der Waals surface area contributed by atoms with Crippen LogP contribution in [0.4, 0.5) is 0 Å². The molecule has 0 bridgehead atoms. The molecule has 2 rings (SSSR count). The van der Waals surface area contributed by atoms with Gasteiger partial charge in [0.25, 0.3) is 0 Å². The van der Waals surface area contributed by atoms with Gasteiger partial charge in [-0.15, -0.1) is 0 Å². The molecule has 0 spiro atoms. The third-order valence-corrected chi connectivity index (χ3v) is 5.13. The summed E-state index contributed by atoms with van der Waals surface area (Å²) in [6, 6.07) is 5.64. The van der Waals surface area contributed by atoms with E-state index in [-0.39, 0.29) is 12.3 Å². The van der Waals surface area contributed by atoms with Gasteiger partial charge < -0.3 is 14.7 Å². The van der Waals surface area contributed by atoms with Crippen molar-refractivity contribution in [1.29, 1.82) is 0 Å². The van der Waals surface area contributed by atoms with Crippen LogP contribution in [-0.4, -0.2) is 41.0 Å². The van der Waals surface area contributed by atoms with Gasteiger partial charge in [0.1, 0.15) is 6.04 Å². The van der Waals surface area contributed by atoms with Crippen LogP contribution in [0, 0.1) is 17.8 Å². The molecule has 3 atom stereocenters. The lowest BCUT2D eigenvalue weighted by molar-refractivity contribution is -0.157. The molecule has 1 aromatic rings. The van der Waals surface area contributed by atoms with E-state index in [4.69, 9.17) is 4.74 Å². The lowest BCUT2D eigenvalue weighted by Crippen LogP contribution is -2.48. The van der Waals surface area contributed by atoms with Crippen molar-refractivity contribution in [1.82, 2.24) is 4.90 Å². The Morgan fingerprint density at radius 2 is 1.81 bits per heavy atom. The second-order valence-corrected chi connectivity index (χ2v) is 8.19. The van der Waals surface area contributed by atoms with Gasteiger partial charge in [-0.1, -0.05) is 45.0 Å². The number of hydrogen-bond acceptors (Lipinski definition) is 4. The Hall–Kier alpha value is -2.37. The summed E-state index contributed by atoms with van der Waals surface area (Å²) in [5, 5.41) is 9.77. The molecule has 1 aromatic carbocycles. The summed E-state index contributed by atoms with van der Waals surface area (Å²) in [5.74, 6) is -1.93. The number of carbonyl (C=O) groups excluding carboxylic acids is 2. The molecule has 1 amide bonds. The van der Waals surface area contributed by atoms with Crippen molar-refractivity contribution in [3.63, 3.8) is 0 Å². The van der Waals surface area contributed by atoms with Crippen LogP contribution in [0.25, 0.3) is 0 Å². The van der Waals surface area contributed by atoms with Crippen LogP contribution in [-0.2, 0) is 19.1 Å². The number of ether oxygens (including phenoxy) is 1. The van der Waals surface area contributed by atoms with Gasteiger partial charge in [-0.2, -0.15) is 0 Å². The number of nitrogens with zero attached hydrogens (tertiary/aromatic N) is 1. The van der Waals surface area contributed by atoms with Crippen molar-refractivity contribution >= 4 is 17.8 Å². The molecule has 1 aliphatic rings. The first-order chi connectivity index (χ1) is 11.9. The lowest BCUT2D eigenvalue weighted by atomic mass is 9.77. The van der Waals surface area contributed by atoms with E-state index in [1.54, 1.807) is 27.7 Å². The van der Waals surface area contributed by atoms with Crippen LogP contribution in [0.2, 0.25) is 0 Å². The number of amides is 1. The highest BCUT2D eigenvalue weighted by molar-refractivity contribution is 5.91. The average molecular weight is 361 g/mol. The minimum atomic E-state index is -1.15. The molecule has 1 saturated heterocycles. The zero-order chi connectivity index (χ0) is 19.9. The van der Waals surface area contributed by atoms with Crippen molar-refractivity contribution in [3.8, 4) is 0 Å². The molecule has 26 heavy (non-hydrogen) atoms. The highest BCUT2D eigenvalue weighted by atomic mass is 16.5. The molecule has 0 radical (unpaired) electrons. The molecule has 0 unspecified atom stereocenters. The van der Waals surface area contributed by atoms with Crippen molar-refractivity contribution < 1.29 is 24.2 Å². The Morgan fingerprint density at radius 1 is 1.23 bits per heavy atom. The number of hydrogen-bond donors (Lipinski definition) is 1. The summed E-state index contributed by atoms with van der Waals surface area (Å²) in [6.07, 6.45) is 0.00975. The minimum Gasteiger partial charge on any atom is -0.480 e. The molecule has 1 aliphatic heterocycles. The number of carboxylic acids is 1. The molecular formula is C20H27NO5. The number of rotatable bonds is 3. The number of aliphatic carboxylic acids is 1. The van der Waals surface area contributed by atoms with Crippen LogP contribution in [0.1, 0.15) is 51.3 Å². The van der Waals surface area contributed by atoms with Gasteiger partial charge in [0.15, 0.2) is 0 Å². The maximum absolute atomic E-state index is 13.2. The molecule has 6 nitrogen and oxygen atoms in total. The third kappa shape index (κ3) is 3.20. The smallest absolute Gasteiger partial charge is 0.326 e. The molecular weight excluding hydrogens is 334 g/mol. The summed E-state index contributed by atoms with van der Waals surface area (Å²) >= 11 is 0. The Labute approximate surface area is 154 Å². The zero-order valence-corrected chi connectivity index (χ0v) is 16.2. The number of likely N-dealkylation sites (tertiary alicyclic amines) is 1. The SMILES string of the molecule is COC(=O)[C@@]1(C)C[C@@H](C(=O)O)N(C(=O)C(C)(C)C)[C@H]1c1ccccc1C. The first-order valence-electron chi connectivity index (χ1n) is 8.64. The van der Waals surface area contributed by atoms with Crippen molar-refractivity contribution in [2.24, 2.45) is 10.8 Å². The maximum atomic E-state index is 13.2. The monoisotopic (exact) mass is 361 g/mol. The predicted molar refractivity (Wildman–Crippen MR) is 96.4 cm³/mol. The number of carboxylic acid groups (broad SMARTS) is 1. The lowest BCUT2D eigenvalue weighted by Gasteiger charge is -2.38. The number of carbonyl (C=O) groups is 3. The number of aryl methyl sites for hydroxylation is 1. The van der Waals surface area contributed by atoms with E-state index in [2.05, 4.69) is 0 Å². The molecule has 0 aromatic heterocycles. The van der Waals surface area contributed by atoms with Gasteiger partial charge in [0.2, 0.25) is 5.91 Å². The van der Waals surface area contributed by atoms with E-state index in [1.165, 1.54) is 12.0 Å². The zero-order valence-electron chi connectivity index (χ0n) is 16.2. The summed E-state index contributed by atoms with van der Waals surface area (Å²) in [5.41, 5.74) is -0.270. The average Bonchev–Trinajstić information content (AvgIpc) is 2.87. The third-order valence-electron chi connectivity index (χ3n) is 5.13. The fourth-order valence-electron chi connectivity index (χ4n) is 3.77. The molecule has 1 N–H and O–H groups in total. The van der Waals surface area contributed by atoms with Gasteiger partial charge in [-0.25, -0.2) is 4.79 Å². The molecule has 0 saturated carbocycles. The quantitative estimate of drug-likeness (QED) is 0.837. The van der Waals surface area contributed by atoms with Gasteiger partial charge in [0.05, 0.1) is 18.6 Å². The predicted octanol–water partition coefficient (Wildman–Crippen LogP) is 2.95. The van der Waals surface area contributed by atoms with Crippen molar-refractivity contribution in [2.75, 3.05) is 7.11 Å².